The second-order valence-electron chi connectivity index (χ2n) is 7.09. The lowest BCUT2D eigenvalue weighted by Gasteiger charge is -2.47. The Hall–Kier alpha value is -0.810. The number of piperidine rings is 1. The second kappa shape index (κ2) is 6.36. The molecule has 1 unspecified atom stereocenters. The maximum absolute atomic E-state index is 13.2. The van der Waals surface area contributed by atoms with Gasteiger partial charge in [0.15, 0.2) is 11.6 Å². The van der Waals surface area contributed by atoms with Crippen molar-refractivity contribution in [3.05, 3.63) is 35.4 Å². The highest BCUT2D eigenvalue weighted by atomic mass is 32.2. The summed E-state index contributed by atoms with van der Waals surface area (Å²) in [5, 5.41) is 0. The molecule has 0 N–H and O–H groups in total. The molecule has 2 nitrogen and oxygen atoms in total. The summed E-state index contributed by atoms with van der Waals surface area (Å²) in [4.78, 5) is 2.46. The average molecular weight is 327 g/mol. The van der Waals surface area contributed by atoms with Crippen molar-refractivity contribution in [2.24, 2.45) is 11.3 Å². The summed E-state index contributed by atoms with van der Waals surface area (Å²) in [6.07, 6.45) is 3.07. The van der Waals surface area contributed by atoms with Crippen molar-refractivity contribution in [1.82, 2.24) is 4.90 Å². The molecule has 22 heavy (non-hydrogen) atoms. The second-order valence-corrected chi connectivity index (χ2v) is 8.54. The minimum absolute atomic E-state index is 0.366. The summed E-state index contributed by atoms with van der Waals surface area (Å²) < 4.78 is 37.5. The van der Waals surface area contributed by atoms with Gasteiger partial charge in [-0.3, -0.25) is 4.21 Å². The van der Waals surface area contributed by atoms with Crippen LogP contribution in [-0.2, 0) is 17.2 Å². The standard InChI is InChI=1S/C17H23F2NOS/c1-13(8-14-2-3-15(18)16(19)9-14)10-20-6-4-17(5-7-20)11-22(21)12-17/h2-3,9,13H,4-8,10-12H2,1H3. The fourth-order valence-electron chi connectivity index (χ4n) is 3.71. The van der Waals surface area contributed by atoms with Crippen LogP contribution in [0.1, 0.15) is 25.3 Å². The molecule has 2 saturated heterocycles. The number of likely N-dealkylation sites (tertiary alicyclic amines) is 1. The molecule has 3 rings (SSSR count). The highest BCUT2D eigenvalue weighted by Gasteiger charge is 2.44. The van der Waals surface area contributed by atoms with Gasteiger partial charge in [0, 0.05) is 28.9 Å². The van der Waals surface area contributed by atoms with Crippen LogP contribution in [0.25, 0.3) is 0 Å². The third kappa shape index (κ3) is 3.57. The van der Waals surface area contributed by atoms with Gasteiger partial charge in [0.25, 0.3) is 0 Å². The summed E-state index contributed by atoms with van der Waals surface area (Å²) in [7, 11) is -0.566. The first-order chi connectivity index (χ1) is 10.5. The molecule has 2 aliphatic heterocycles. The van der Waals surface area contributed by atoms with Crippen LogP contribution in [-0.4, -0.2) is 40.2 Å². The molecule has 0 bridgehead atoms. The summed E-state index contributed by atoms with van der Waals surface area (Å²) in [6, 6.07) is 4.18. The van der Waals surface area contributed by atoms with Crippen molar-refractivity contribution in [2.45, 2.75) is 26.2 Å². The Kier molecular flexibility index (Phi) is 4.64. The lowest BCUT2D eigenvalue weighted by molar-refractivity contribution is 0.116. The molecule has 122 valence electrons. The third-order valence-corrected chi connectivity index (χ3v) is 6.86. The number of rotatable bonds is 4. The molecule has 2 heterocycles. The molecular formula is C17H23F2NOS. The smallest absolute Gasteiger partial charge is 0.159 e. The van der Waals surface area contributed by atoms with E-state index in [1.54, 1.807) is 6.07 Å². The molecule has 5 heteroatoms. The first-order valence-corrected chi connectivity index (χ1v) is 9.46. The molecule has 1 aromatic carbocycles. The van der Waals surface area contributed by atoms with Gasteiger partial charge >= 0.3 is 0 Å². The van der Waals surface area contributed by atoms with Crippen LogP contribution >= 0.6 is 0 Å². The molecule has 0 aliphatic carbocycles. The maximum atomic E-state index is 13.2. The average Bonchev–Trinajstić information content (AvgIpc) is 2.44. The van der Waals surface area contributed by atoms with E-state index >= 15 is 0 Å². The summed E-state index contributed by atoms with van der Waals surface area (Å²) in [5.74, 6) is 0.656. The van der Waals surface area contributed by atoms with E-state index < -0.39 is 22.4 Å². The Morgan fingerprint density at radius 2 is 1.91 bits per heavy atom. The zero-order valence-corrected chi connectivity index (χ0v) is 13.8. The molecule has 0 amide bonds. The molecule has 1 aromatic rings. The van der Waals surface area contributed by atoms with Crippen molar-refractivity contribution in [2.75, 3.05) is 31.1 Å². The van der Waals surface area contributed by atoms with Gasteiger partial charge in [-0.2, -0.15) is 0 Å². The first kappa shape index (κ1) is 16.1. The maximum Gasteiger partial charge on any atom is 0.159 e. The van der Waals surface area contributed by atoms with Crippen LogP contribution in [0.15, 0.2) is 18.2 Å². The van der Waals surface area contributed by atoms with Crippen LogP contribution in [0.2, 0.25) is 0 Å². The fourth-order valence-corrected chi connectivity index (χ4v) is 5.57. The van der Waals surface area contributed by atoms with Gasteiger partial charge in [-0.1, -0.05) is 13.0 Å². The van der Waals surface area contributed by atoms with Crippen LogP contribution < -0.4 is 0 Å². The van der Waals surface area contributed by atoms with E-state index in [4.69, 9.17) is 0 Å². The van der Waals surface area contributed by atoms with Crippen molar-refractivity contribution in [3.8, 4) is 0 Å². The van der Waals surface area contributed by atoms with E-state index in [0.29, 0.717) is 11.3 Å². The molecular weight excluding hydrogens is 304 g/mol. The van der Waals surface area contributed by atoms with Gasteiger partial charge in [-0.05, 0) is 61.4 Å². The summed E-state index contributed by atoms with van der Waals surface area (Å²) in [5.41, 5.74) is 1.22. The number of halogens is 2. The molecule has 2 fully saturated rings. The lowest BCUT2D eigenvalue weighted by Crippen LogP contribution is -2.52. The summed E-state index contributed by atoms with van der Waals surface area (Å²) in [6.45, 7) is 5.28. The normalized spacial score (nSPS) is 23.4. The van der Waals surface area contributed by atoms with Crippen molar-refractivity contribution in [3.63, 3.8) is 0 Å². The Labute approximate surface area is 133 Å². The predicted molar refractivity (Wildman–Crippen MR) is 85.2 cm³/mol. The minimum atomic E-state index is -0.782. The fraction of sp³-hybridized carbons (Fsp3) is 0.647. The highest BCUT2D eigenvalue weighted by molar-refractivity contribution is 7.86. The monoisotopic (exact) mass is 327 g/mol. The van der Waals surface area contributed by atoms with E-state index in [9.17, 15) is 13.0 Å². The van der Waals surface area contributed by atoms with Gasteiger partial charge in [0.05, 0.1) is 0 Å². The Bertz CT molecular complexity index is 560. The van der Waals surface area contributed by atoms with E-state index in [1.807, 2.05) is 0 Å². The largest absolute Gasteiger partial charge is 0.303 e. The van der Waals surface area contributed by atoms with Crippen LogP contribution in [0.4, 0.5) is 8.78 Å². The molecule has 0 radical (unpaired) electrons. The number of nitrogens with zero attached hydrogens (tertiary/aromatic N) is 1. The number of hydrogen-bond acceptors (Lipinski definition) is 2. The van der Waals surface area contributed by atoms with Gasteiger partial charge in [0.1, 0.15) is 0 Å². The SMILES string of the molecule is CC(Cc1ccc(F)c(F)c1)CN1CCC2(CC1)CS(=O)C2. The quantitative estimate of drug-likeness (QED) is 0.847. The zero-order valence-electron chi connectivity index (χ0n) is 13.0. The van der Waals surface area contributed by atoms with Crippen molar-refractivity contribution < 1.29 is 13.0 Å². The van der Waals surface area contributed by atoms with E-state index in [1.165, 1.54) is 12.1 Å². The van der Waals surface area contributed by atoms with E-state index in [0.717, 1.165) is 56.0 Å². The molecule has 1 spiro atoms. The lowest BCUT2D eigenvalue weighted by atomic mass is 9.81. The van der Waals surface area contributed by atoms with Gasteiger partial charge in [-0.15, -0.1) is 0 Å². The van der Waals surface area contributed by atoms with Crippen molar-refractivity contribution >= 4 is 10.8 Å². The van der Waals surface area contributed by atoms with Gasteiger partial charge in [0.2, 0.25) is 0 Å². The molecule has 2 aliphatic rings. The molecule has 0 saturated carbocycles. The Morgan fingerprint density at radius 1 is 1.23 bits per heavy atom. The molecule has 0 aromatic heterocycles. The van der Waals surface area contributed by atoms with Crippen LogP contribution in [0.5, 0.6) is 0 Å². The van der Waals surface area contributed by atoms with E-state index in [-0.39, 0.29) is 0 Å². The van der Waals surface area contributed by atoms with E-state index in [2.05, 4.69) is 11.8 Å². The number of benzene rings is 1. The van der Waals surface area contributed by atoms with Crippen molar-refractivity contribution in [1.29, 1.82) is 0 Å². The van der Waals surface area contributed by atoms with Gasteiger partial charge < -0.3 is 4.90 Å². The van der Waals surface area contributed by atoms with Crippen LogP contribution in [0.3, 0.4) is 0 Å². The number of hydrogen-bond donors (Lipinski definition) is 0. The highest BCUT2D eigenvalue weighted by Crippen LogP contribution is 2.40. The van der Waals surface area contributed by atoms with Crippen LogP contribution in [0, 0.1) is 23.0 Å². The minimum Gasteiger partial charge on any atom is -0.303 e. The summed E-state index contributed by atoms with van der Waals surface area (Å²) >= 11 is 0. The Morgan fingerprint density at radius 3 is 2.50 bits per heavy atom. The topological polar surface area (TPSA) is 20.3 Å². The molecule has 1 atom stereocenters. The zero-order chi connectivity index (χ0) is 15.7. The predicted octanol–water partition coefficient (Wildman–Crippen LogP) is 2.99. The third-order valence-electron chi connectivity index (χ3n) is 4.99. The Balaban J connectivity index is 1.47. The first-order valence-electron chi connectivity index (χ1n) is 7.97. The van der Waals surface area contributed by atoms with Gasteiger partial charge in [-0.25, -0.2) is 8.78 Å².